The fraction of sp³-hybridized carbons (Fsp3) is 0.290. The van der Waals surface area contributed by atoms with Crippen molar-refractivity contribution in [1.82, 2.24) is 5.32 Å². The molecule has 1 unspecified atom stereocenters. The number of hydrogen-bond acceptors (Lipinski definition) is 5. The number of Topliss-reactive ketones (excluding diaryl/α,β-unsaturated/α-hetero) is 1. The van der Waals surface area contributed by atoms with E-state index < -0.39 is 6.04 Å². The fourth-order valence-electron chi connectivity index (χ4n) is 5.47. The molecule has 2 N–H and O–H groups in total. The molecule has 3 aromatic rings. The van der Waals surface area contributed by atoms with E-state index in [-0.39, 0.29) is 29.5 Å². The first-order valence-corrected chi connectivity index (χ1v) is 12.8. The lowest BCUT2D eigenvalue weighted by molar-refractivity contribution is -0.121. The number of benzene rings is 3. The molecule has 0 saturated carbocycles. The zero-order chi connectivity index (χ0) is 26.9. The molecule has 7 heteroatoms. The van der Waals surface area contributed by atoms with Crippen molar-refractivity contribution in [3.05, 3.63) is 101 Å². The van der Waals surface area contributed by atoms with Crippen LogP contribution in [0.2, 0.25) is 0 Å². The van der Waals surface area contributed by atoms with Crippen LogP contribution in [0.15, 0.2) is 84.1 Å². The van der Waals surface area contributed by atoms with Crippen molar-refractivity contribution >= 4 is 23.1 Å². The maximum absolute atomic E-state index is 13.9. The zero-order valence-corrected chi connectivity index (χ0v) is 21.9. The molecule has 0 bridgehead atoms. The molecule has 0 fully saturated rings. The van der Waals surface area contributed by atoms with E-state index in [0.29, 0.717) is 30.7 Å². The number of nitrogens with one attached hydrogen (secondary N) is 2. The van der Waals surface area contributed by atoms with Crippen molar-refractivity contribution in [3.8, 4) is 5.75 Å². The molecule has 0 radical (unpaired) electrons. The Morgan fingerprint density at radius 3 is 2.53 bits per heavy atom. The highest BCUT2D eigenvalue weighted by atomic mass is 19.1. The first-order valence-electron chi connectivity index (χ1n) is 12.8. The Morgan fingerprint density at radius 1 is 1.05 bits per heavy atom. The minimum atomic E-state index is -0.553. The van der Waals surface area contributed by atoms with Crippen molar-refractivity contribution in [2.75, 3.05) is 23.9 Å². The number of carbonyl (C=O) groups is 2. The van der Waals surface area contributed by atoms with Gasteiger partial charge >= 0.3 is 0 Å². The number of nitrogens with zero attached hydrogens (tertiary/aromatic N) is 1. The largest absolute Gasteiger partial charge is 0.496 e. The van der Waals surface area contributed by atoms with Gasteiger partial charge in [-0.25, -0.2) is 4.39 Å². The lowest BCUT2D eigenvalue weighted by atomic mass is 9.73. The Hall–Kier alpha value is -4.13. The summed E-state index contributed by atoms with van der Waals surface area (Å²) in [7, 11) is 1.60. The summed E-state index contributed by atoms with van der Waals surface area (Å²) in [6.07, 6.45) is 1.09. The maximum Gasteiger partial charge on any atom is 0.239 e. The van der Waals surface area contributed by atoms with Crippen LogP contribution >= 0.6 is 0 Å². The minimum Gasteiger partial charge on any atom is -0.496 e. The van der Waals surface area contributed by atoms with Crippen LogP contribution in [0.5, 0.6) is 5.75 Å². The highest BCUT2D eigenvalue weighted by molar-refractivity contribution is 6.01. The highest BCUT2D eigenvalue weighted by Gasteiger charge is 2.41. The quantitative estimate of drug-likeness (QED) is 0.438. The van der Waals surface area contributed by atoms with Gasteiger partial charge in [0.15, 0.2) is 5.78 Å². The van der Waals surface area contributed by atoms with Gasteiger partial charge in [-0.15, -0.1) is 0 Å². The minimum absolute atomic E-state index is 0.00331. The standard InChI is InChI=1S/C31H32FN3O3/c1-31(2)16-24-29(26(36)17-31)30(20-12-14-22(32)15-13-20)35(25-10-6-5-9-23(25)34-24)19-28(37)33-18-21-8-4-7-11-27(21)38-3/h4-15,30,34H,16-19H2,1-3H3,(H,33,37). The first-order chi connectivity index (χ1) is 18.3. The summed E-state index contributed by atoms with van der Waals surface area (Å²) in [6, 6.07) is 20.9. The summed E-state index contributed by atoms with van der Waals surface area (Å²) in [5.41, 5.74) is 4.53. The molecule has 0 aromatic heterocycles. The Morgan fingerprint density at radius 2 is 1.76 bits per heavy atom. The van der Waals surface area contributed by atoms with Gasteiger partial charge in [-0.3, -0.25) is 9.59 Å². The molecule has 1 atom stereocenters. The summed E-state index contributed by atoms with van der Waals surface area (Å²) in [5.74, 6) is 0.176. The maximum atomic E-state index is 13.9. The molecule has 2 aliphatic rings. The second-order valence-electron chi connectivity index (χ2n) is 10.6. The van der Waals surface area contributed by atoms with Gasteiger partial charge in [-0.2, -0.15) is 0 Å². The number of rotatable bonds is 6. The van der Waals surface area contributed by atoms with E-state index in [1.807, 2.05) is 53.4 Å². The second kappa shape index (κ2) is 10.3. The fourth-order valence-corrected chi connectivity index (χ4v) is 5.47. The van der Waals surface area contributed by atoms with Crippen molar-refractivity contribution in [2.24, 2.45) is 5.41 Å². The number of ketones is 1. The molecule has 1 heterocycles. The van der Waals surface area contributed by atoms with E-state index in [1.54, 1.807) is 19.2 Å². The number of para-hydroxylation sites is 3. The van der Waals surface area contributed by atoms with Gasteiger partial charge < -0.3 is 20.3 Å². The second-order valence-corrected chi connectivity index (χ2v) is 10.6. The van der Waals surface area contributed by atoms with Crippen LogP contribution in [0.3, 0.4) is 0 Å². The Balaban J connectivity index is 1.56. The van der Waals surface area contributed by atoms with Crippen molar-refractivity contribution in [1.29, 1.82) is 0 Å². The molecule has 1 amide bonds. The Kier molecular flexibility index (Phi) is 6.93. The van der Waals surface area contributed by atoms with E-state index in [1.165, 1.54) is 12.1 Å². The van der Waals surface area contributed by atoms with Gasteiger partial charge in [0.2, 0.25) is 5.91 Å². The monoisotopic (exact) mass is 513 g/mol. The predicted molar refractivity (Wildman–Crippen MR) is 146 cm³/mol. The lowest BCUT2D eigenvalue weighted by Crippen LogP contribution is -2.41. The first kappa shape index (κ1) is 25.5. The number of carbonyl (C=O) groups excluding carboxylic acids is 2. The third-order valence-corrected chi connectivity index (χ3v) is 7.17. The SMILES string of the molecule is COc1ccccc1CNC(=O)CN1c2ccccc2NC2=C(C(=O)CC(C)(C)C2)C1c1ccc(F)cc1. The van der Waals surface area contributed by atoms with Gasteiger partial charge in [0.1, 0.15) is 11.6 Å². The van der Waals surface area contributed by atoms with E-state index in [4.69, 9.17) is 4.74 Å². The van der Waals surface area contributed by atoms with Gasteiger partial charge in [0.25, 0.3) is 0 Å². The van der Waals surface area contributed by atoms with Crippen LogP contribution in [0.1, 0.15) is 43.9 Å². The van der Waals surface area contributed by atoms with Crippen LogP contribution < -0.4 is 20.3 Å². The van der Waals surface area contributed by atoms with Gasteiger partial charge in [-0.1, -0.05) is 56.3 Å². The summed E-state index contributed by atoms with van der Waals surface area (Å²) < 4.78 is 19.4. The average molecular weight is 514 g/mol. The van der Waals surface area contributed by atoms with Gasteiger partial charge in [0.05, 0.1) is 31.1 Å². The molecule has 3 aromatic carbocycles. The summed E-state index contributed by atoms with van der Waals surface area (Å²) >= 11 is 0. The molecule has 0 saturated heterocycles. The van der Waals surface area contributed by atoms with Crippen molar-refractivity contribution in [2.45, 2.75) is 39.3 Å². The number of ether oxygens (including phenoxy) is 1. The van der Waals surface area contributed by atoms with Crippen LogP contribution in [0.4, 0.5) is 15.8 Å². The highest BCUT2D eigenvalue weighted by Crippen LogP contribution is 2.48. The number of amides is 1. The predicted octanol–water partition coefficient (Wildman–Crippen LogP) is 5.77. The summed E-state index contributed by atoms with van der Waals surface area (Å²) in [5, 5.41) is 6.54. The van der Waals surface area contributed by atoms with E-state index in [2.05, 4.69) is 24.5 Å². The third-order valence-electron chi connectivity index (χ3n) is 7.17. The van der Waals surface area contributed by atoms with E-state index >= 15 is 0 Å². The number of fused-ring (bicyclic) bond motifs is 1. The number of allylic oxidation sites excluding steroid dienone is 1. The number of hydrogen-bond donors (Lipinski definition) is 2. The molecule has 1 aliphatic carbocycles. The third kappa shape index (κ3) is 5.14. The Labute approximate surface area is 222 Å². The van der Waals surface area contributed by atoms with Crippen LogP contribution in [0.25, 0.3) is 0 Å². The van der Waals surface area contributed by atoms with E-state index in [9.17, 15) is 14.0 Å². The van der Waals surface area contributed by atoms with Gasteiger partial charge in [-0.05, 0) is 47.7 Å². The molecular weight excluding hydrogens is 481 g/mol. The smallest absolute Gasteiger partial charge is 0.239 e. The van der Waals surface area contributed by atoms with Crippen molar-refractivity contribution < 1.29 is 18.7 Å². The number of halogens is 1. The molecular formula is C31H32FN3O3. The Bertz CT molecular complexity index is 1400. The number of anilines is 2. The molecule has 6 nitrogen and oxygen atoms in total. The van der Waals surface area contributed by atoms with Crippen LogP contribution in [-0.4, -0.2) is 25.3 Å². The molecule has 0 spiro atoms. The molecule has 38 heavy (non-hydrogen) atoms. The van der Waals surface area contributed by atoms with Crippen LogP contribution in [0, 0.1) is 11.2 Å². The van der Waals surface area contributed by atoms with E-state index in [0.717, 1.165) is 28.2 Å². The molecule has 1 aliphatic heterocycles. The summed E-state index contributed by atoms with van der Waals surface area (Å²) in [6.45, 7) is 4.48. The lowest BCUT2D eigenvalue weighted by Gasteiger charge is -2.37. The zero-order valence-electron chi connectivity index (χ0n) is 21.9. The van der Waals surface area contributed by atoms with Gasteiger partial charge in [0, 0.05) is 29.8 Å². The normalized spacial score (nSPS) is 18.2. The molecule has 5 rings (SSSR count). The van der Waals surface area contributed by atoms with Crippen LogP contribution in [-0.2, 0) is 16.1 Å². The van der Waals surface area contributed by atoms with Crippen molar-refractivity contribution in [3.63, 3.8) is 0 Å². The molecule has 196 valence electrons. The summed E-state index contributed by atoms with van der Waals surface area (Å²) in [4.78, 5) is 29.1. The topological polar surface area (TPSA) is 70.7 Å². The average Bonchev–Trinajstić information content (AvgIpc) is 3.02. The number of methoxy groups -OCH3 is 1.